The maximum Gasteiger partial charge on any atom is 0.302 e. The van der Waals surface area contributed by atoms with Crippen LogP contribution >= 0.6 is 0 Å². The Morgan fingerprint density at radius 1 is 1.06 bits per heavy atom. The summed E-state index contributed by atoms with van der Waals surface area (Å²) in [5, 5.41) is 0. The number of ether oxygens (including phenoxy) is 2. The number of rotatable bonds is 1. The predicted molar refractivity (Wildman–Crippen MR) is 139 cm³/mol. The van der Waals surface area contributed by atoms with Crippen molar-refractivity contribution >= 4 is 11.9 Å². The van der Waals surface area contributed by atoms with Crippen molar-refractivity contribution in [3.63, 3.8) is 0 Å². The summed E-state index contributed by atoms with van der Waals surface area (Å²) < 4.78 is 12.7. The zero-order valence-electron chi connectivity index (χ0n) is 23.3. The quantitative estimate of drug-likeness (QED) is 0.324. The normalized spacial score (nSPS) is 51.6. The van der Waals surface area contributed by atoms with Crippen molar-refractivity contribution in [1.82, 2.24) is 4.90 Å². The molecule has 3 saturated carbocycles. The van der Waals surface area contributed by atoms with Crippen LogP contribution in [0.5, 0.6) is 0 Å². The summed E-state index contributed by atoms with van der Waals surface area (Å²) in [7, 11) is 0. The highest BCUT2D eigenvalue weighted by Crippen LogP contribution is 2.70. The maximum atomic E-state index is 12.8. The molecule has 36 heavy (non-hydrogen) atoms. The van der Waals surface area contributed by atoms with Crippen molar-refractivity contribution in [3.8, 4) is 0 Å². The monoisotopic (exact) mass is 497 g/mol. The lowest BCUT2D eigenvalue weighted by atomic mass is 9.46. The fraction of sp³-hybridized carbons (Fsp3) is 0.871. The van der Waals surface area contributed by atoms with Crippen LogP contribution in [0.25, 0.3) is 0 Å². The first-order chi connectivity index (χ1) is 17.0. The number of esters is 1. The maximum absolute atomic E-state index is 12.8. The molecule has 1 amide bonds. The summed E-state index contributed by atoms with van der Waals surface area (Å²) in [6, 6.07) is 0. The number of hydrogen-bond donors (Lipinski definition) is 0. The molecule has 2 aliphatic heterocycles. The van der Waals surface area contributed by atoms with Crippen LogP contribution < -0.4 is 0 Å². The van der Waals surface area contributed by atoms with Crippen LogP contribution in [0, 0.1) is 46.3 Å². The van der Waals surface area contributed by atoms with E-state index in [1.54, 1.807) is 12.5 Å². The van der Waals surface area contributed by atoms with Gasteiger partial charge in [-0.15, -0.1) is 0 Å². The molecule has 5 heteroatoms. The first-order valence-corrected chi connectivity index (χ1v) is 14.8. The van der Waals surface area contributed by atoms with E-state index in [1.807, 2.05) is 0 Å². The second-order valence-corrected chi connectivity index (χ2v) is 14.1. The van der Waals surface area contributed by atoms with Gasteiger partial charge in [0.25, 0.3) is 0 Å². The van der Waals surface area contributed by atoms with Gasteiger partial charge in [0.15, 0.2) is 0 Å². The third-order valence-electron chi connectivity index (χ3n) is 12.4. The van der Waals surface area contributed by atoms with E-state index >= 15 is 0 Å². The van der Waals surface area contributed by atoms with E-state index < -0.39 is 0 Å². The van der Waals surface area contributed by atoms with E-state index in [0.717, 1.165) is 56.9 Å². The number of nitrogens with zero attached hydrogens (tertiary/aromatic N) is 1. The summed E-state index contributed by atoms with van der Waals surface area (Å²) in [5.41, 5.74) is 1.70. The van der Waals surface area contributed by atoms with Gasteiger partial charge in [-0.05, 0) is 91.8 Å². The first kappa shape index (κ1) is 24.9. The van der Waals surface area contributed by atoms with Crippen molar-refractivity contribution < 1.29 is 19.1 Å². The van der Waals surface area contributed by atoms with Crippen LogP contribution in [-0.4, -0.2) is 41.3 Å². The second-order valence-electron chi connectivity index (χ2n) is 14.1. The molecule has 0 N–H and O–H groups in total. The zero-order valence-corrected chi connectivity index (χ0v) is 23.3. The molecule has 1 spiro atoms. The summed E-state index contributed by atoms with van der Waals surface area (Å²) >= 11 is 0. The fourth-order valence-corrected chi connectivity index (χ4v) is 10.8. The Bertz CT molecular complexity index is 976. The average Bonchev–Trinajstić information content (AvgIpc) is 3.26. The Morgan fingerprint density at radius 3 is 2.56 bits per heavy atom. The van der Waals surface area contributed by atoms with Gasteiger partial charge >= 0.3 is 5.97 Å². The molecule has 4 aliphatic carbocycles. The lowest BCUT2D eigenvalue weighted by Crippen LogP contribution is -2.60. The molecule has 0 aromatic heterocycles. The average molecular weight is 498 g/mol. The van der Waals surface area contributed by atoms with Gasteiger partial charge in [-0.2, -0.15) is 0 Å². The number of carbonyl (C=O) groups excluding carboxylic acids is 2. The molecule has 6 rings (SSSR count). The van der Waals surface area contributed by atoms with E-state index in [9.17, 15) is 9.59 Å². The number of piperidine rings is 1. The molecule has 0 aromatic carbocycles. The van der Waals surface area contributed by atoms with E-state index in [-0.39, 0.29) is 40.6 Å². The smallest absolute Gasteiger partial charge is 0.302 e. The number of amides is 1. The summed E-state index contributed by atoms with van der Waals surface area (Å²) in [6.45, 7) is 13.9. The van der Waals surface area contributed by atoms with Gasteiger partial charge in [0, 0.05) is 32.7 Å². The molecule has 5 fully saturated rings. The standard InChI is InChI=1S/C31H47NO4/c1-18-9-14-31(32(17-18)20(3)33)19(2)28-27(36-31)16-26-24-8-7-22-15-23(35-21(4)34)10-12-29(22,5)25(24)11-13-30(26,28)6/h7,18-19,23-28H,8-17H2,1-6H3/t18-,19+,23-,24-,25+,26+,27+,28+,29-,30-,31-/m0/s1. The molecule has 0 unspecified atom stereocenters. The fourth-order valence-electron chi connectivity index (χ4n) is 10.8. The molecule has 11 atom stereocenters. The molecule has 2 heterocycles. The highest BCUT2D eigenvalue weighted by Gasteiger charge is 2.69. The minimum absolute atomic E-state index is 0.0611. The van der Waals surface area contributed by atoms with E-state index in [1.165, 1.54) is 26.2 Å². The number of carbonyl (C=O) groups is 2. The first-order valence-electron chi connectivity index (χ1n) is 14.8. The van der Waals surface area contributed by atoms with Gasteiger partial charge in [-0.1, -0.05) is 39.3 Å². The van der Waals surface area contributed by atoms with Crippen LogP contribution in [0.1, 0.15) is 99.3 Å². The summed E-state index contributed by atoms with van der Waals surface area (Å²) in [4.78, 5) is 26.5. The number of fused-ring (bicyclic) bond motifs is 7. The molecule has 6 aliphatic rings. The van der Waals surface area contributed by atoms with E-state index in [0.29, 0.717) is 23.7 Å². The predicted octanol–water partition coefficient (Wildman–Crippen LogP) is 6.12. The Kier molecular flexibility index (Phi) is 5.76. The highest BCUT2D eigenvalue weighted by molar-refractivity contribution is 5.74. The van der Waals surface area contributed by atoms with Gasteiger partial charge < -0.3 is 14.4 Å². The minimum atomic E-state index is -0.390. The van der Waals surface area contributed by atoms with Crippen LogP contribution in [-0.2, 0) is 19.1 Å². The molecule has 2 saturated heterocycles. The molecular weight excluding hydrogens is 450 g/mol. The Hall–Kier alpha value is -1.36. The summed E-state index contributed by atoms with van der Waals surface area (Å²) in [5.74, 6) is 3.64. The molecule has 5 nitrogen and oxygen atoms in total. The van der Waals surface area contributed by atoms with Gasteiger partial charge in [0.1, 0.15) is 11.8 Å². The van der Waals surface area contributed by atoms with E-state index in [2.05, 4.69) is 38.7 Å². The van der Waals surface area contributed by atoms with E-state index in [4.69, 9.17) is 9.47 Å². The van der Waals surface area contributed by atoms with Crippen molar-refractivity contribution in [2.45, 2.75) is 117 Å². The Labute approximate surface area is 217 Å². The van der Waals surface area contributed by atoms with Crippen LogP contribution in [0.15, 0.2) is 11.6 Å². The third kappa shape index (κ3) is 3.36. The van der Waals surface area contributed by atoms with Crippen molar-refractivity contribution in [2.75, 3.05) is 6.54 Å². The number of likely N-dealkylation sites (tertiary alicyclic amines) is 1. The lowest BCUT2D eigenvalue weighted by Gasteiger charge is -2.59. The highest BCUT2D eigenvalue weighted by atomic mass is 16.5. The van der Waals surface area contributed by atoms with Gasteiger partial charge in [-0.25, -0.2) is 0 Å². The number of allylic oxidation sites excluding steroid dienone is 1. The molecule has 0 aromatic rings. The second kappa shape index (κ2) is 8.32. The van der Waals surface area contributed by atoms with Gasteiger partial charge in [0.2, 0.25) is 5.91 Å². The van der Waals surface area contributed by atoms with Crippen molar-refractivity contribution in [3.05, 3.63) is 11.6 Å². The van der Waals surface area contributed by atoms with Crippen LogP contribution in [0.4, 0.5) is 0 Å². The number of hydrogen-bond acceptors (Lipinski definition) is 4. The minimum Gasteiger partial charge on any atom is -0.462 e. The van der Waals surface area contributed by atoms with Crippen LogP contribution in [0.3, 0.4) is 0 Å². The van der Waals surface area contributed by atoms with Crippen molar-refractivity contribution in [1.29, 1.82) is 0 Å². The summed E-state index contributed by atoms with van der Waals surface area (Å²) in [6.07, 6.45) is 13.0. The molecule has 200 valence electrons. The third-order valence-corrected chi connectivity index (χ3v) is 12.4. The lowest BCUT2D eigenvalue weighted by molar-refractivity contribution is -0.200. The molecule has 0 radical (unpaired) electrons. The largest absolute Gasteiger partial charge is 0.462 e. The van der Waals surface area contributed by atoms with Gasteiger partial charge in [0.05, 0.1) is 6.10 Å². The topological polar surface area (TPSA) is 55.8 Å². The zero-order chi connectivity index (χ0) is 25.6. The van der Waals surface area contributed by atoms with Gasteiger partial charge in [-0.3, -0.25) is 9.59 Å². The molecule has 0 bridgehead atoms. The van der Waals surface area contributed by atoms with Crippen molar-refractivity contribution in [2.24, 2.45) is 46.3 Å². The molecular formula is C31H47NO4. The van der Waals surface area contributed by atoms with Crippen LogP contribution in [0.2, 0.25) is 0 Å². The SMILES string of the molecule is CC(=O)O[C@H]1CC[C@@]2(C)C(=CC[C@@H]3[C@H]4C[C@H]5O[C@@]6(CC[C@H](C)CN6C(C)=O)[C@H](C)[C@H]5[C@@]4(C)CC[C@H]32)C1. The Balaban J connectivity index is 1.26. The Morgan fingerprint density at radius 2 is 1.83 bits per heavy atom.